The van der Waals surface area contributed by atoms with Crippen LogP contribution >= 0.6 is 11.6 Å². The summed E-state index contributed by atoms with van der Waals surface area (Å²) in [5.74, 6) is -4.27. The third-order valence-corrected chi connectivity index (χ3v) is 4.63. The van der Waals surface area contributed by atoms with Gasteiger partial charge < -0.3 is 21.5 Å². The summed E-state index contributed by atoms with van der Waals surface area (Å²) in [6.45, 7) is 1.88. The lowest BCUT2D eigenvalue weighted by Gasteiger charge is -2.21. The summed E-state index contributed by atoms with van der Waals surface area (Å²) in [7, 11) is 0. The van der Waals surface area contributed by atoms with Gasteiger partial charge >= 0.3 is 12.4 Å². The first-order valence-electron chi connectivity index (χ1n) is 9.36. The quantitative estimate of drug-likeness (QED) is 0.312. The van der Waals surface area contributed by atoms with Crippen molar-refractivity contribution >= 4 is 28.5 Å². The molecule has 0 unspecified atom stereocenters. The normalized spacial score (nSPS) is 13.7. The second kappa shape index (κ2) is 9.98. The highest BCUT2D eigenvalue weighted by molar-refractivity contribution is 6.68. The van der Waals surface area contributed by atoms with Crippen LogP contribution in [0.25, 0.3) is 11.3 Å². The molecule has 0 spiro atoms. The number of rotatable bonds is 6. The van der Waals surface area contributed by atoms with Crippen molar-refractivity contribution in [3.8, 4) is 17.0 Å². The number of carbonyl (C=O) groups excluding carboxylic acids is 1. The van der Waals surface area contributed by atoms with Crippen LogP contribution in [0.2, 0.25) is 0 Å². The van der Waals surface area contributed by atoms with Crippen LogP contribution in [-0.2, 0) is 6.18 Å². The van der Waals surface area contributed by atoms with Crippen LogP contribution in [0.15, 0.2) is 35.7 Å². The third kappa shape index (κ3) is 6.53. The summed E-state index contributed by atoms with van der Waals surface area (Å²) in [6, 6.07) is 2.41. The first kappa shape index (κ1) is 27.7. The zero-order chi connectivity index (χ0) is 26.9. The Labute approximate surface area is 198 Å². The number of nitrogens with one attached hydrogen (secondary N) is 2. The topological polar surface area (TPSA) is 127 Å². The van der Waals surface area contributed by atoms with Crippen molar-refractivity contribution in [3.63, 3.8) is 0 Å². The molecule has 0 aliphatic rings. The number of ether oxygens (including phenoxy) is 1. The number of allylic oxidation sites excluding steroid dienone is 2. The van der Waals surface area contributed by atoms with Crippen molar-refractivity contribution in [2.75, 3.05) is 5.73 Å². The molecule has 2 aromatic rings. The number of alkyl halides is 6. The number of halogens is 8. The van der Waals surface area contributed by atoms with E-state index in [0.29, 0.717) is 25.1 Å². The highest BCUT2D eigenvalue weighted by Crippen LogP contribution is 2.36. The zero-order valence-corrected chi connectivity index (χ0v) is 18.6. The first-order valence-corrected chi connectivity index (χ1v) is 9.74. The second-order valence-corrected chi connectivity index (χ2v) is 7.46. The Morgan fingerprint density at radius 1 is 1.20 bits per heavy atom. The van der Waals surface area contributed by atoms with Crippen LogP contribution in [0.4, 0.5) is 36.6 Å². The van der Waals surface area contributed by atoms with E-state index in [4.69, 9.17) is 33.2 Å². The molecule has 35 heavy (non-hydrogen) atoms. The molecule has 6 N–H and O–H groups in total. The Kier molecular flexibility index (Phi) is 7.89. The van der Waals surface area contributed by atoms with E-state index < -0.39 is 75.0 Å². The number of pyridine rings is 1. The van der Waals surface area contributed by atoms with Crippen LogP contribution in [0.1, 0.15) is 29.8 Å². The number of carbonyl (C=O) groups is 1. The minimum Gasteiger partial charge on any atom is -0.480 e. The highest BCUT2D eigenvalue weighted by atomic mass is 35.5. The van der Waals surface area contributed by atoms with Crippen molar-refractivity contribution in [1.29, 1.82) is 5.41 Å². The molecule has 7 nitrogen and oxygen atoms in total. The first-order chi connectivity index (χ1) is 15.9. The molecule has 1 amide bonds. The van der Waals surface area contributed by atoms with Gasteiger partial charge in [0.25, 0.3) is 5.91 Å². The van der Waals surface area contributed by atoms with Crippen molar-refractivity contribution in [1.82, 2.24) is 10.3 Å². The number of nitrogens with two attached hydrogens (primary N) is 2. The fraction of sp³-hybridized carbons (Fsp3) is 0.250. The van der Waals surface area contributed by atoms with Gasteiger partial charge in [0.05, 0.1) is 22.5 Å². The van der Waals surface area contributed by atoms with Crippen LogP contribution in [-0.4, -0.2) is 28.3 Å². The van der Waals surface area contributed by atoms with E-state index in [1.165, 1.54) is 6.92 Å². The zero-order valence-electron chi connectivity index (χ0n) is 17.8. The molecule has 0 fully saturated rings. The molecule has 0 radical (unpaired) electrons. The summed E-state index contributed by atoms with van der Waals surface area (Å²) in [5, 5.41) is 8.77. The summed E-state index contributed by atoms with van der Waals surface area (Å²) in [4.78, 5) is 16.2. The molecule has 15 heteroatoms. The second-order valence-electron chi connectivity index (χ2n) is 7.08. The lowest BCUT2D eigenvalue weighted by atomic mass is 10.0. The van der Waals surface area contributed by atoms with Gasteiger partial charge in [-0.25, -0.2) is 9.37 Å². The molecule has 0 bridgehead atoms. The van der Waals surface area contributed by atoms with E-state index >= 15 is 0 Å². The Morgan fingerprint density at radius 2 is 1.80 bits per heavy atom. The number of amides is 1. The van der Waals surface area contributed by atoms with Crippen LogP contribution in [0, 0.1) is 11.2 Å². The number of aromatic nitrogens is 1. The van der Waals surface area contributed by atoms with E-state index in [1.807, 2.05) is 0 Å². The molecule has 1 atom stereocenters. The minimum absolute atomic E-state index is 0.133. The maximum Gasteiger partial charge on any atom is 0.425 e. The Bertz CT molecular complexity index is 1190. The summed E-state index contributed by atoms with van der Waals surface area (Å²) in [6.07, 6.45) is -12.2. The number of hydrogen-bond donors (Lipinski definition) is 4. The molecular weight excluding hydrogens is 511 g/mol. The van der Waals surface area contributed by atoms with E-state index in [-0.39, 0.29) is 5.70 Å². The molecule has 1 aromatic carbocycles. The lowest BCUT2D eigenvalue weighted by molar-refractivity contribution is -0.189. The Morgan fingerprint density at radius 3 is 2.26 bits per heavy atom. The SMILES string of the molecule is C/C(N)=C(/NC(=O)c1cc(F)c(-c2ccc(C(F)(F)F)c(N)n2)cc1O[C@@H](C)C(F)(F)F)C(=N)Cl. The highest BCUT2D eigenvalue weighted by Gasteiger charge is 2.39. The van der Waals surface area contributed by atoms with Crippen LogP contribution < -0.4 is 21.5 Å². The molecule has 1 aromatic heterocycles. The number of anilines is 1. The van der Waals surface area contributed by atoms with Crippen molar-refractivity contribution in [2.45, 2.75) is 32.3 Å². The van der Waals surface area contributed by atoms with Gasteiger partial charge in [-0.15, -0.1) is 0 Å². The predicted molar refractivity (Wildman–Crippen MR) is 113 cm³/mol. The van der Waals surface area contributed by atoms with Gasteiger partial charge in [-0.2, -0.15) is 26.3 Å². The number of hydrogen-bond acceptors (Lipinski definition) is 6. The molecular formula is C20H17ClF7N5O2. The van der Waals surface area contributed by atoms with Gasteiger partial charge in [0.15, 0.2) is 6.10 Å². The van der Waals surface area contributed by atoms with Gasteiger partial charge in [-0.1, -0.05) is 11.6 Å². The summed E-state index contributed by atoms with van der Waals surface area (Å²) >= 11 is 5.53. The van der Waals surface area contributed by atoms with Crippen molar-refractivity contribution in [3.05, 3.63) is 52.6 Å². The number of benzene rings is 1. The van der Waals surface area contributed by atoms with Gasteiger partial charge in [0.2, 0.25) is 0 Å². The number of nitrogens with zero attached hydrogens (tertiary/aromatic N) is 1. The average Bonchev–Trinajstić information content (AvgIpc) is 2.70. The standard InChI is InChI=1S/C20H17ClF7N5O2/c1-7(29)15(16(21)30)33-18(34)10-5-12(22)9(6-14(10)35-8(2)19(23,24)25)13-4-3-11(17(31)32-13)20(26,27)28/h3-6,8,30H,29H2,1-2H3,(H2,31,32)(H,33,34)/b15-7-,30-16?/t8-/m0/s1. The molecule has 1 heterocycles. The van der Waals surface area contributed by atoms with Gasteiger partial charge in [-0.3, -0.25) is 10.2 Å². The van der Waals surface area contributed by atoms with E-state index in [1.54, 1.807) is 0 Å². The molecule has 190 valence electrons. The molecule has 0 saturated carbocycles. The van der Waals surface area contributed by atoms with Gasteiger partial charge in [0, 0.05) is 11.3 Å². The van der Waals surface area contributed by atoms with Crippen molar-refractivity contribution < 1.29 is 40.3 Å². The molecule has 0 aliphatic heterocycles. The van der Waals surface area contributed by atoms with E-state index in [2.05, 4.69) is 10.3 Å². The van der Waals surface area contributed by atoms with Crippen LogP contribution in [0.5, 0.6) is 5.75 Å². The third-order valence-electron chi connectivity index (χ3n) is 4.44. The van der Waals surface area contributed by atoms with Gasteiger partial charge in [-0.05, 0) is 38.1 Å². The van der Waals surface area contributed by atoms with Gasteiger partial charge in [0.1, 0.15) is 22.6 Å². The number of nitrogen functional groups attached to an aromatic ring is 1. The Balaban J connectivity index is 2.66. The van der Waals surface area contributed by atoms with Crippen LogP contribution in [0.3, 0.4) is 0 Å². The molecule has 0 aliphatic carbocycles. The Hall–Kier alpha value is -3.55. The smallest absolute Gasteiger partial charge is 0.425 e. The molecule has 2 rings (SSSR count). The fourth-order valence-corrected chi connectivity index (χ4v) is 2.85. The summed E-state index contributed by atoms with van der Waals surface area (Å²) < 4.78 is 97.8. The molecule has 0 saturated heterocycles. The maximum atomic E-state index is 14.9. The largest absolute Gasteiger partial charge is 0.480 e. The average molecular weight is 528 g/mol. The monoisotopic (exact) mass is 527 g/mol. The van der Waals surface area contributed by atoms with E-state index in [0.717, 1.165) is 6.07 Å². The lowest BCUT2D eigenvalue weighted by Crippen LogP contribution is -2.33. The van der Waals surface area contributed by atoms with Crippen molar-refractivity contribution in [2.24, 2.45) is 5.73 Å². The minimum atomic E-state index is -4.89. The van der Waals surface area contributed by atoms with E-state index in [9.17, 15) is 35.5 Å². The summed E-state index contributed by atoms with van der Waals surface area (Å²) in [5.41, 5.74) is 7.18. The fourth-order valence-electron chi connectivity index (χ4n) is 2.65. The predicted octanol–water partition coefficient (Wildman–Crippen LogP) is 4.95. The maximum absolute atomic E-state index is 14.9.